The highest BCUT2D eigenvalue weighted by Crippen LogP contribution is 2.26. The van der Waals surface area contributed by atoms with Crippen LogP contribution in [0.2, 0.25) is 0 Å². The zero-order valence-corrected chi connectivity index (χ0v) is 8.12. The molecule has 3 nitrogen and oxygen atoms in total. The van der Waals surface area contributed by atoms with Crippen molar-refractivity contribution in [3.8, 4) is 0 Å². The van der Waals surface area contributed by atoms with E-state index in [-0.39, 0.29) is 0 Å². The highest BCUT2D eigenvalue weighted by Gasteiger charge is 2.09. The Morgan fingerprint density at radius 1 is 1.82 bits per heavy atom. The zero-order chi connectivity index (χ0) is 8.43. The van der Waals surface area contributed by atoms with E-state index >= 15 is 0 Å². The van der Waals surface area contributed by atoms with Crippen LogP contribution in [0, 0.1) is 6.92 Å². The second kappa shape index (κ2) is 3.34. The van der Waals surface area contributed by atoms with E-state index in [2.05, 4.69) is 15.9 Å². The zero-order valence-electron chi connectivity index (χ0n) is 5.72. The highest BCUT2D eigenvalue weighted by molar-refractivity contribution is 9.11. The number of carbonyl (C=O) groups is 1. The van der Waals surface area contributed by atoms with E-state index in [1.165, 1.54) is 11.3 Å². The van der Waals surface area contributed by atoms with Crippen LogP contribution in [0.25, 0.3) is 0 Å². The molecule has 0 aromatic carbocycles. The van der Waals surface area contributed by atoms with Crippen LogP contribution < -0.4 is 5.48 Å². The molecule has 0 bridgehead atoms. The average molecular weight is 236 g/mol. The van der Waals surface area contributed by atoms with Crippen LogP contribution in [-0.2, 0) is 0 Å². The Morgan fingerprint density at radius 3 is 2.82 bits per heavy atom. The van der Waals surface area contributed by atoms with Gasteiger partial charge in [-0.25, -0.2) is 5.48 Å². The summed E-state index contributed by atoms with van der Waals surface area (Å²) in [6.07, 6.45) is 0. The number of hydrogen-bond acceptors (Lipinski definition) is 3. The SMILES string of the molecule is Cc1cc(C(=O)NO)sc1Br. The topological polar surface area (TPSA) is 49.3 Å². The molecule has 1 aromatic rings. The van der Waals surface area contributed by atoms with Crippen LogP contribution in [-0.4, -0.2) is 11.1 Å². The molecule has 11 heavy (non-hydrogen) atoms. The molecule has 60 valence electrons. The molecule has 0 aliphatic carbocycles. The van der Waals surface area contributed by atoms with E-state index in [0.29, 0.717) is 4.88 Å². The maximum Gasteiger partial charge on any atom is 0.284 e. The van der Waals surface area contributed by atoms with E-state index in [0.717, 1.165) is 9.35 Å². The molecule has 1 amide bonds. The second-order valence-electron chi connectivity index (χ2n) is 2.01. The monoisotopic (exact) mass is 235 g/mol. The predicted octanol–water partition coefficient (Wildman–Crippen LogP) is 1.94. The summed E-state index contributed by atoms with van der Waals surface area (Å²) < 4.78 is 0.913. The van der Waals surface area contributed by atoms with Gasteiger partial charge in [0, 0.05) is 0 Å². The quantitative estimate of drug-likeness (QED) is 0.578. The molecular formula is C6H6BrNO2S. The van der Waals surface area contributed by atoms with Crippen LogP contribution in [0.15, 0.2) is 9.85 Å². The lowest BCUT2D eigenvalue weighted by Crippen LogP contribution is -2.16. The largest absolute Gasteiger partial charge is 0.288 e. The van der Waals surface area contributed by atoms with Crippen LogP contribution in [0.3, 0.4) is 0 Å². The molecule has 1 rings (SSSR count). The molecule has 0 saturated heterocycles. The van der Waals surface area contributed by atoms with Crippen LogP contribution in [0.1, 0.15) is 15.2 Å². The average Bonchev–Trinajstić information content (AvgIpc) is 2.31. The van der Waals surface area contributed by atoms with Crippen molar-refractivity contribution in [1.29, 1.82) is 0 Å². The van der Waals surface area contributed by atoms with Crippen LogP contribution >= 0.6 is 27.3 Å². The van der Waals surface area contributed by atoms with Crippen LogP contribution in [0.4, 0.5) is 0 Å². The van der Waals surface area contributed by atoms with Crippen molar-refractivity contribution in [1.82, 2.24) is 5.48 Å². The lowest BCUT2D eigenvalue weighted by molar-refractivity contribution is 0.0711. The Balaban J connectivity index is 2.97. The molecule has 0 saturated carbocycles. The minimum absolute atomic E-state index is 0.469. The van der Waals surface area contributed by atoms with Gasteiger partial charge in [0.15, 0.2) is 0 Å². The van der Waals surface area contributed by atoms with Crippen molar-refractivity contribution in [3.05, 3.63) is 20.3 Å². The van der Waals surface area contributed by atoms with Crippen molar-refractivity contribution < 1.29 is 10.0 Å². The number of rotatable bonds is 1. The standard InChI is InChI=1S/C6H6BrNO2S/c1-3-2-4(6(9)8-10)11-5(3)7/h2,10H,1H3,(H,8,9). The van der Waals surface area contributed by atoms with Gasteiger partial charge in [-0.2, -0.15) is 0 Å². The maximum absolute atomic E-state index is 10.8. The summed E-state index contributed by atoms with van der Waals surface area (Å²) in [6, 6.07) is 1.71. The minimum Gasteiger partial charge on any atom is -0.288 e. The third kappa shape index (κ3) is 1.79. The smallest absolute Gasteiger partial charge is 0.284 e. The molecule has 0 fully saturated rings. The number of nitrogens with one attached hydrogen (secondary N) is 1. The van der Waals surface area contributed by atoms with Crippen molar-refractivity contribution in [2.45, 2.75) is 6.92 Å². The molecule has 0 atom stereocenters. The molecule has 0 spiro atoms. The van der Waals surface area contributed by atoms with Crippen LogP contribution in [0.5, 0.6) is 0 Å². The van der Waals surface area contributed by atoms with Gasteiger partial charge in [-0.1, -0.05) is 0 Å². The van der Waals surface area contributed by atoms with Gasteiger partial charge in [0.05, 0.1) is 8.66 Å². The van der Waals surface area contributed by atoms with E-state index < -0.39 is 5.91 Å². The fourth-order valence-electron chi connectivity index (χ4n) is 0.627. The molecule has 0 radical (unpaired) electrons. The first-order valence-corrected chi connectivity index (χ1v) is 4.46. The summed E-state index contributed by atoms with van der Waals surface area (Å²) in [5, 5.41) is 8.28. The Bertz CT molecular complexity index is 265. The number of thiophene rings is 1. The summed E-state index contributed by atoms with van der Waals surface area (Å²) in [4.78, 5) is 11.3. The van der Waals surface area contributed by atoms with Gasteiger partial charge in [0.2, 0.25) is 0 Å². The summed E-state index contributed by atoms with van der Waals surface area (Å²) >= 11 is 4.56. The third-order valence-corrected chi connectivity index (χ3v) is 3.32. The van der Waals surface area contributed by atoms with Gasteiger partial charge in [0.25, 0.3) is 5.91 Å². The summed E-state index contributed by atoms with van der Waals surface area (Å²) in [5.41, 5.74) is 2.57. The predicted molar refractivity (Wildman–Crippen MR) is 46.0 cm³/mol. The van der Waals surface area contributed by atoms with Crippen molar-refractivity contribution in [3.63, 3.8) is 0 Å². The van der Waals surface area contributed by atoms with E-state index in [4.69, 9.17) is 5.21 Å². The Morgan fingerprint density at radius 2 is 2.45 bits per heavy atom. The number of carbonyl (C=O) groups excluding carboxylic acids is 1. The number of hydrogen-bond donors (Lipinski definition) is 2. The number of hydroxylamine groups is 1. The first-order valence-electron chi connectivity index (χ1n) is 2.85. The molecular weight excluding hydrogens is 230 g/mol. The number of halogens is 1. The van der Waals surface area contributed by atoms with Crippen molar-refractivity contribution in [2.24, 2.45) is 0 Å². The van der Waals surface area contributed by atoms with Gasteiger partial charge in [0.1, 0.15) is 0 Å². The normalized spacial score (nSPS) is 9.73. The Hall–Kier alpha value is -0.390. The fourth-order valence-corrected chi connectivity index (χ4v) is 2.05. The molecule has 0 aliphatic rings. The number of aryl methyl sites for hydroxylation is 1. The molecule has 1 aromatic heterocycles. The van der Waals surface area contributed by atoms with E-state index in [9.17, 15) is 4.79 Å². The summed E-state index contributed by atoms with van der Waals surface area (Å²) in [7, 11) is 0. The third-order valence-electron chi connectivity index (χ3n) is 1.18. The summed E-state index contributed by atoms with van der Waals surface area (Å²) in [6.45, 7) is 1.88. The van der Waals surface area contributed by atoms with Crippen molar-refractivity contribution in [2.75, 3.05) is 0 Å². The highest BCUT2D eigenvalue weighted by atomic mass is 79.9. The van der Waals surface area contributed by atoms with Gasteiger partial charge >= 0.3 is 0 Å². The van der Waals surface area contributed by atoms with Gasteiger partial charge in [-0.05, 0) is 34.5 Å². The van der Waals surface area contributed by atoms with Gasteiger partial charge in [-0.3, -0.25) is 10.0 Å². The first kappa shape index (κ1) is 8.70. The fraction of sp³-hybridized carbons (Fsp3) is 0.167. The van der Waals surface area contributed by atoms with E-state index in [1.54, 1.807) is 11.5 Å². The molecule has 0 unspecified atom stereocenters. The minimum atomic E-state index is -0.469. The lowest BCUT2D eigenvalue weighted by atomic mass is 10.3. The maximum atomic E-state index is 10.8. The van der Waals surface area contributed by atoms with Gasteiger partial charge in [-0.15, -0.1) is 11.3 Å². The Kier molecular flexibility index (Phi) is 2.64. The lowest BCUT2D eigenvalue weighted by Gasteiger charge is -1.89. The number of amides is 1. The van der Waals surface area contributed by atoms with Gasteiger partial charge < -0.3 is 0 Å². The summed E-state index contributed by atoms with van der Waals surface area (Å²) in [5.74, 6) is -0.469. The second-order valence-corrected chi connectivity index (χ2v) is 4.38. The first-order chi connectivity index (χ1) is 5.15. The Labute approximate surface area is 76.1 Å². The molecule has 2 N–H and O–H groups in total. The molecule has 1 heterocycles. The molecule has 5 heteroatoms. The van der Waals surface area contributed by atoms with Crippen molar-refractivity contribution >= 4 is 33.2 Å². The molecule has 0 aliphatic heterocycles. The van der Waals surface area contributed by atoms with E-state index in [1.807, 2.05) is 6.92 Å².